The monoisotopic (exact) mass is 226 g/mol. The fraction of sp³-hybridized carbons (Fsp3) is 0.125. The van der Waals surface area contributed by atoms with Crippen LogP contribution in [0.2, 0.25) is 5.02 Å². The molecule has 7 heteroatoms. The van der Waals surface area contributed by atoms with E-state index in [0.717, 1.165) is 0 Å². The summed E-state index contributed by atoms with van der Waals surface area (Å²) in [6.45, 7) is 0. The lowest BCUT2D eigenvalue weighted by atomic mass is 10.2. The molecule has 0 aliphatic heterocycles. The Hall–Kier alpha value is -1.91. The van der Waals surface area contributed by atoms with E-state index in [1.807, 2.05) is 0 Å². The van der Waals surface area contributed by atoms with Crippen LogP contribution in [0.25, 0.3) is 10.4 Å². The van der Waals surface area contributed by atoms with Gasteiger partial charge in [-0.25, -0.2) is 0 Å². The van der Waals surface area contributed by atoms with Crippen molar-refractivity contribution in [3.8, 4) is 5.75 Å². The third-order valence-corrected chi connectivity index (χ3v) is 1.94. The first-order chi connectivity index (χ1) is 7.22. The van der Waals surface area contributed by atoms with Crippen molar-refractivity contribution in [2.75, 3.05) is 7.11 Å². The highest BCUT2D eigenvalue weighted by Gasteiger charge is 2.06. The summed E-state index contributed by atoms with van der Waals surface area (Å²) in [7, 11) is 1.48. The molecule has 0 aliphatic carbocycles. The van der Waals surface area contributed by atoms with Crippen LogP contribution in [-0.2, 0) is 0 Å². The Morgan fingerprint density at radius 3 is 2.80 bits per heavy atom. The number of halogens is 1. The van der Waals surface area contributed by atoms with Crippen LogP contribution >= 0.6 is 11.6 Å². The van der Waals surface area contributed by atoms with E-state index in [2.05, 4.69) is 15.2 Å². The Morgan fingerprint density at radius 2 is 2.33 bits per heavy atom. The van der Waals surface area contributed by atoms with E-state index in [1.54, 1.807) is 12.1 Å². The van der Waals surface area contributed by atoms with Gasteiger partial charge in [0.2, 0.25) is 0 Å². The van der Waals surface area contributed by atoms with Crippen molar-refractivity contribution >= 4 is 17.4 Å². The molecule has 6 nitrogen and oxygen atoms in total. The van der Waals surface area contributed by atoms with Gasteiger partial charge in [0.25, 0.3) is 0 Å². The van der Waals surface area contributed by atoms with Crippen LogP contribution < -0.4 is 4.74 Å². The molecule has 0 bridgehead atoms. The molecule has 0 saturated heterocycles. The van der Waals surface area contributed by atoms with Gasteiger partial charge in [0.15, 0.2) is 5.84 Å². The number of nitrogens with zero attached hydrogens (tertiary/aromatic N) is 4. The van der Waals surface area contributed by atoms with Gasteiger partial charge >= 0.3 is 0 Å². The molecular weight excluding hydrogens is 220 g/mol. The van der Waals surface area contributed by atoms with Gasteiger partial charge in [-0.2, -0.15) is 0 Å². The summed E-state index contributed by atoms with van der Waals surface area (Å²) in [5.74, 6) is 0.334. The van der Waals surface area contributed by atoms with Crippen molar-refractivity contribution in [2.24, 2.45) is 10.3 Å². The Bertz CT molecular complexity index is 440. The number of methoxy groups -OCH3 is 1. The normalized spacial score (nSPS) is 10.7. The van der Waals surface area contributed by atoms with Crippen molar-refractivity contribution in [2.45, 2.75) is 0 Å². The highest BCUT2D eigenvalue weighted by atomic mass is 35.5. The lowest BCUT2D eigenvalue weighted by molar-refractivity contribution is 0.318. The Labute approximate surface area is 90.4 Å². The summed E-state index contributed by atoms with van der Waals surface area (Å²) in [5, 5.41) is 14.9. The molecule has 0 aliphatic rings. The van der Waals surface area contributed by atoms with E-state index in [-0.39, 0.29) is 5.84 Å². The lowest BCUT2D eigenvalue weighted by Gasteiger charge is -2.04. The number of ether oxygens (including phenoxy) is 1. The SMILES string of the molecule is COc1ccc(/C(N=[N+]=[N-])=N/O)cc1Cl. The molecule has 78 valence electrons. The first kappa shape index (κ1) is 11.2. The van der Waals surface area contributed by atoms with Crippen LogP contribution in [0.15, 0.2) is 28.5 Å². The van der Waals surface area contributed by atoms with E-state index in [9.17, 15) is 0 Å². The number of rotatable bonds is 2. The second-order valence-electron chi connectivity index (χ2n) is 2.46. The molecule has 0 radical (unpaired) electrons. The van der Waals surface area contributed by atoms with E-state index in [1.165, 1.54) is 13.2 Å². The van der Waals surface area contributed by atoms with E-state index in [0.29, 0.717) is 16.3 Å². The predicted octanol–water partition coefficient (Wildman–Crippen LogP) is 2.79. The van der Waals surface area contributed by atoms with Crippen molar-refractivity contribution in [1.82, 2.24) is 0 Å². The number of benzene rings is 1. The number of hydrogen-bond acceptors (Lipinski definition) is 3. The molecule has 15 heavy (non-hydrogen) atoms. The second kappa shape index (κ2) is 5.09. The molecule has 1 aromatic rings. The third kappa shape index (κ3) is 2.52. The van der Waals surface area contributed by atoms with Crippen molar-refractivity contribution in [3.05, 3.63) is 39.2 Å². The summed E-state index contributed by atoms with van der Waals surface area (Å²) >= 11 is 5.83. The lowest BCUT2D eigenvalue weighted by Crippen LogP contribution is -1.96. The first-order valence-electron chi connectivity index (χ1n) is 3.84. The first-order valence-corrected chi connectivity index (χ1v) is 4.21. The molecule has 0 atom stereocenters. The van der Waals surface area contributed by atoms with E-state index < -0.39 is 0 Å². The van der Waals surface area contributed by atoms with Gasteiger partial charge in [-0.3, -0.25) is 0 Å². The van der Waals surface area contributed by atoms with Crippen LogP contribution in [-0.4, -0.2) is 18.2 Å². The minimum absolute atomic E-state index is 0.151. The summed E-state index contributed by atoms with van der Waals surface area (Å²) in [6, 6.07) is 4.62. The summed E-state index contributed by atoms with van der Waals surface area (Å²) in [5.41, 5.74) is 8.61. The molecular formula is C8H7ClN4O2. The number of hydrogen-bond donors (Lipinski definition) is 1. The zero-order chi connectivity index (χ0) is 11.3. The summed E-state index contributed by atoms with van der Waals surface area (Å²) < 4.78 is 4.94. The Kier molecular flexibility index (Phi) is 3.79. The quantitative estimate of drug-likeness (QED) is 0.160. The number of azide groups is 1. The van der Waals surface area contributed by atoms with Gasteiger partial charge in [0.1, 0.15) is 5.75 Å². The predicted molar refractivity (Wildman–Crippen MR) is 55.5 cm³/mol. The molecule has 0 unspecified atom stereocenters. The van der Waals surface area contributed by atoms with Gasteiger partial charge in [-0.05, 0) is 28.8 Å². The van der Waals surface area contributed by atoms with Crippen LogP contribution in [0.5, 0.6) is 5.75 Å². The van der Waals surface area contributed by atoms with Gasteiger partial charge in [-0.1, -0.05) is 16.8 Å². The minimum Gasteiger partial charge on any atom is -0.495 e. The van der Waals surface area contributed by atoms with E-state index >= 15 is 0 Å². The summed E-state index contributed by atoms with van der Waals surface area (Å²) in [6.07, 6.45) is 0. The van der Waals surface area contributed by atoms with Crippen molar-refractivity contribution in [1.29, 1.82) is 0 Å². The molecule has 0 spiro atoms. The standard InChI is InChI=1S/C8H7ClN4O2/c1-15-7-3-2-5(4-6(7)9)8(12-14)11-13-10/h2-4,14H,1H3/b12-8-. The van der Waals surface area contributed by atoms with Crippen LogP contribution in [0.4, 0.5) is 0 Å². The average molecular weight is 227 g/mol. The Balaban J connectivity index is 3.17. The fourth-order valence-electron chi connectivity index (χ4n) is 0.983. The molecule has 0 fully saturated rings. The van der Waals surface area contributed by atoms with Gasteiger partial charge < -0.3 is 9.94 Å². The zero-order valence-electron chi connectivity index (χ0n) is 7.75. The van der Waals surface area contributed by atoms with Crippen molar-refractivity contribution in [3.63, 3.8) is 0 Å². The molecule has 0 amide bonds. The fourth-order valence-corrected chi connectivity index (χ4v) is 1.24. The molecule has 0 heterocycles. The topological polar surface area (TPSA) is 90.6 Å². The van der Waals surface area contributed by atoms with Crippen molar-refractivity contribution < 1.29 is 9.94 Å². The smallest absolute Gasteiger partial charge is 0.173 e. The van der Waals surface area contributed by atoms with Crippen LogP contribution in [0.3, 0.4) is 0 Å². The van der Waals surface area contributed by atoms with Crippen LogP contribution in [0, 0.1) is 0 Å². The molecule has 1 N–H and O–H groups in total. The van der Waals surface area contributed by atoms with Crippen LogP contribution in [0.1, 0.15) is 5.56 Å². The van der Waals surface area contributed by atoms with Gasteiger partial charge in [0.05, 0.1) is 12.1 Å². The maximum absolute atomic E-state index is 8.58. The Morgan fingerprint density at radius 1 is 1.60 bits per heavy atom. The maximum atomic E-state index is 8.58. The van der Waals surface area contributed by atoms with Gasteiger partial charge in [-0.15, -0.1) is 0 Å². The minimum atomic E-state index is -0.151. The average Bonchev–Trinajstić information content (AvgIpc) is 2.25. The maximum Gasteiger partial charge on any atom is 0.173 e. The zero-order valence-corrected chi connectivity index (χ0v) is 8.51. The summed E-state index contributed by atoms with van der Waals surface area (Å²) in [4.78, 5) is 2.52. The highest BCUT2D eigenvalue weighted by Crippen LogP contribution is 2.25. The number of oxime groups is 1. The van der Waals surface area contributed by atoms with Gasteiger partial charge in [0, 0.05) is 10.5 Å². The number of amidine groups is 1. The molecule has 1 rings (SSSR count). The van der Waals surface area contributed by atoms with E-state index in [4.69, 9.17) is 27.1 Å². The molecule has 0 aromatic heterocycles. The third-order valence-electron chi connectivity index (χ3n) is 1.64. The second-order valence-corrected chi connectivity index (χ2v) is 2.87. The molecule has 1 aromatic carbocycles. The largest absolute Gasteiger partial charge is 0.495 e. The highest BCUT2D eigenvalue weighted by molar-refractivity contribution is 6.32. The molecule has 0 saturated carbocycles.